The minimum Gasteiger partial charge on any atom is -0.355 e. The number of nitrogens with one attached hydrogen (secondary N) is 2. The number of hydrogen-bond acceptors (Lipinski definition) is 4. The summed E-state index contributed by atoms with van der Waals surface area (Å²) in [6.07, 6.45) is -3.18. The number of aromatic nitrogens is 1. The first-order chi connectivity index (χ1) is 13.4. The average molecular weight is 382 g/mol. The molecular formula is C20H13F3N4O. The van der Waals surface area contributed by atoms with Crippen molar-refractivity contribution in [1.29, 1.82) is 5.26 Å². The number of rotatable bonds is 4. The first kappa shape index (κ1) is 18.9. The first-order valence-electron chi connectivity index (χ1n) is 8.07. The highest BCUT2D eigenvalue weighted by atomic mass is 19.4. The fourth-order valence-corrected chi connectivity index (χ4v) is 2.45. The molecule has 3 rings (SSSR count). The largest absolute Gasteiger partial charge is 0.418 e. The highest BCUT2D eigenvalue weighted by Crippen LogP contribution is 2.35. The van der Waals surface area contributed by atoms with Crippen LogP contribution in [0.25, 0.3) is 0 Å². The van der Waals surface area contributed by atoms with E-state index in [1.807, 2.05) is 6.07 Å². The summed E-state index contributed by atoms with van der Waals surface area (Å²) in [7, 11) is 0. The minimum atomic E-state index is -4.51. The maximum Gasteiger partial charge on any atom is 0.418 e. The molecule has 5 nitrogen and oxygen atoms in total. The Kier molecular flexibility index (Phi) is 5.27. The number of benzene rings is 2. The Bertz CT molecular complexity index is 1040. The van der Waals surface area contributed by atoms with Crippen LogP contribution in [0.4, 0.5) is 30.2 Å². The normalized spacial score (nSPS) is 10.8. The van der Waals surface area contributed by atoms with Gasteiger partial charge in [0.2, 0.25) is 0 Å². The van der Waals surface area contributed by atoms with Crippen LogP contribution in [0.15, 0.2) is 66.9 Å². The highest BCUT2D eigenvalue weighted by Gasteiger charge is 2.33. The molecule has 0 saturated heterocycles. The van der Waals surface area contributed by atoms with E-state index in [9.17, 15) is 18.0 Å². The van der Waals surface area contributed by atoms with Gasteiger partial charge in [-0.25, -0.2) is 0 Å². The van der Waals surface area contributed by atoms with Gasteiger partial charge >= 0.3 is 6.18 Å². The van der Waals surface area contributed by atoms with Gasteiger partial charge in [-0.2, -0.15) is 18.4 Å². The lowest BCUT2D eigenvalue weighted by molar-refractivity contribution is -0.136. The standard InChI is InChI=1S/C20H13F3N4O/c21-20(22,23)16-3-1-2-4-17(16)26-15-9-10-25-18(11-15)19(28)27-14-7-5-13(12-24)6-8-14/h1-11H,(H,25,26)(H,27,28). The third-order valence-electron chi connectivity index (χ3n) is 3.78. The fourth-order valence-electron chi connectivity index (χ4n) is 2.45. The number of nitriles is 1. The van der Waals surface area contributed by atoms with E-state index in [0.717, 1.165) is 6.07 Å². The van der Waals surface area contributed by atoms with E-state index in [4.69, 9.17) is 5.26 Å². The molecule has 0 spiro atoms. The van der Waals surface area contributed by atoms with Gasteiger partial charge in [0.1, 0.15) is 5.69 Å². The van der Waals surface area contributed by atoms with Crippen LogP contribution in [-0.4, -0.2) is 10.9 Å². The molecule has 0 aliphatic rings. The summed E-state index contributed by atoms with van der Waals surface area (Å²) in [6, 6.07) is 16.1. The first-order valence-corrected chi connectivity index (χ1v) is 8.07. The number of amides is 1. The lowest BCUT2D eigenvalue weighted by Crippen LogP contribution is -2.14. The van der Waals surface area contributed by atoms with E-state index in [-0.39, 0.29) is 17.1 Å². The van der Waals surface area contributed by atoms with Crippen molar-refractivity contribution in [3.05, 3.63) is 83.7 Å². The van der Waals surface area contributed by atoms with E-state index < -0.39 is 17.6 Å². The van der Waals surface area contributed by atoms with Gasteiger partial charge in [-0.15, -0.1) is 0 Å². The molecule has 2 N–H and O–H groups in total. The van der Waals surface area contributed by atoms with Crippen molar-refractivity contribution >= 4 is 23.0 Å². The van der Waals surface area contributed by atoms with Crippen LogP contribution in [0.1, 0.15) is 21.6 Å². The molecule has 0 aliphatic heterocycles. The third kappa shape index (κ3) is 4.45. The number of anilines is 3. The van der Waals surface area contributed by atoms with Gasteiger partial charge in [-0.1, -0.05) is 12.1 Å². The number of carbonyl (C=O) groups excluding carboxylic acids is 1. The Morgan fingerprint density at radius 3 is 2.39 bits per heavy atom. The van der Waals surface area contributed by atoms with Crippen molar-refractivity contribution in [1.82, 2.24) is 4.98 Å². The van der Waals surface area contributed by atoms with Crippen LogP contribution in [0.2, 0.25) is 0 Å². The van der Waals surface area contributed by atoms with Crippen molar-refractivity contribution < 1.29 is 18.0 Å². The predicted molar refractivity (Wildman–Crippen MR) is 98.1 cm³/mol. The van der Waals surface area contributed by atoms with Gasteiger partial charge in [0.15, 0.2) is 0 Å². The summed E-state index contributed by atoms with van der Waals surface area (Å²) in [5.41, 5.74) is 0.294. The summed E-state index contributed by atoms with van der Waals surface area (Å²) in [5, 5.41) is 14.1. The second-order valence-electron chi connectivity index (χ2n) is 5.74. The number of pyridine rings is 1. The van der Waals surface area contributed by atoms with Gasteiger partial charge in [-0.05, 0) is 48.5 Å². The zero-order valence-corrected chi connectivity index (χ0v) is 14.3. The average Bonchev–Trinajstić information content (AvgIpc) is 2.68. The molecule has 28 heavy (non-hydrogen) atoms. The molecule has 0 aliphatic carbocycles. The van der Waals surface area contributed by atoms with Crippen LogP contribution in [0, 0.1) is 11.3 Å². The van der Waals surface area contributed by atoms with Gasteiger partial charge in [-0.3, -0.25) is 9.78 Å². The number of para-hydroxylation sites is 1. The van der Waals surface area contributed by atoms with Crippen LogP contribution in [-0.2, 0) is 6.18 Å². The Morgan fingerprint density at radius 1 is 1.00 bits per heavy atom. The maximum atomic E-state index is 13.1. The van der Waals surface area contributed by atoms with Crippen LogP contribution in [0.3, 0.4) is 0 Å². The fraction of sp³-hybridized carbons (Fsp3) is 0.0500. The highest BCUT2D eigenvalue weighted by molar-refractivity contribution is 6.03. The van der Waals surface area contributed by atoms with Crippen molar-refractivity contribution in [3.63, 3.8) is 0 Å². The third-order valence-corrected chi connectivity index (χ3v) is 3.78. The molecule has 1 heterocycles. The summed E-state index contributed by atoms with van der Waals surface area (Å²) >= 11 is 0. The van der Waals surface area contributed by atoms with Gasteiger partial charge in [0.05, 0.1) is 22.9 Å². The maximum absolute atomic E-state index is 13.1. The lowest BCUT2D eigenvalue weighted by atomic mass is 10.1. The number of hydrogen-bond donors (Lipinski definition) is 2. The minimum absolute atomic E-state index is 0.0267. The molecule has 8 heteroatoms. The number of carbonyl (C=O) groups is 1. The second-order valence-corrected chi connectivity index (χ2v) is 5.74. The molecule has 2 aromatic carbocycles. The zero-order chi connectivity index (χ0) is 20.1. The number of halogens is 3. The topological polar surface area (TPSA) is 77.8 Å². The van der Waals surface area contributed by atoms with E-state index in [2.05, 4.69) is 15.6 Å². The van der Waals surface area contributed by atoms with Crippen molar-refractivity contribution in [3.8, 4) is 6.07 Å². The van der Waals surface area contributed by atoms with E-state index in [1.54, 1.807) is 24.3 Å². The second kappa shape index (κ2) is 7.80. The van der Waals surface area contributed by atoms with Crippen molar-refractivity contribution in [2.75, 3.05) is 10.6 Å². The molecule has 1 amide bonds. The monoisotopic (exact) mass is 382 g/mol. The summed E-state index contributed by atoms with van der Waals surface area (Å²) in [5.74, 6) is -0.530. The van der Waals surface area contributed by atoms with E-state index >= 15 is 0 Å². The summed E-state index contributed by atoms with van der Waals surface area (Å²) < 4.78 is 39.4. The molecular weight excluding hydrogens is 369 g/mol. The van der Waals surface area contributed by atoms with Crippen molar-refractivity contribution in [2.45, 2.75) is 6.18 Å². The molecule has 140 valence electrons. The van der Waals surface area contributed by atoms with Crippen LogP contribution < -0.4 is 10.6 Å². The molecule has 0 saturated carbocycles. The predicted octanol–water partition coefficient (Wildman–Crippen LogP) is 4.97. The van der Waals surface area contributed by atoms with Gasteiger partial charge in [0.25, 0.3) is 5.91 Å². The van der Waals surface area contributed by atoms with Gasteiger partial charge in [0, 0.05) is 17.6 Å². The quantitative estimate of drug-likeness (QED) is 0.668. The molecule has 1 aromatic heterocycles. The zero-order valence-electron chi connectivity index (χ0n) is 14.3. The lowest BCUT2D eigenvalue weighted by Gasteiger charge is -2.14. The number of alkyl halides is 3. The van der Waals surface area contributed by atoms with Crippen molar-refractivity contribution in [2.24, 2.45) is 0 Å². The smallest absolute Gasteiger partial charge is 0.355 e. The molecule has 3 aromatic rings. The van der Waals surface area contributed by atoms with Crippen LogP contribution in [0.5, 0.6) is 0 Å². The molecule has 0 radical (unpaired) electrons. The molecule has 0 atom stereocenters. The summed E-state index contributed by atoms with van der Waals surface area (Å²) in [4.78, 5) is 16.3. The van der Waals surface area contributed by atoms with Gasteiger partial charge < -0.3 is 10.6 Å². The molecule has 0 bridgehead atoms. The van der Waals surface area contributed by atoms with E-state index in [0.29, 0.717) is 11.3 Å². The molecule has 0 fully saturated rings. The Labute approximate surface area is 158 Å². The Hall–Kier alpha value is -3.86. The number of nitrogens with zero attached hydrogens (tertiary/aromatic N) is 2. The van der Waals surface area contributed by atoms with E-state index in [1.165, 1.54) is 36.5 Å². The Morgan fingerprint density at radius 2 is 1.71 bits per heavy atom. The molecule has 0 unspecified atom stereocenters. The van der Waals surface area contributed by atoms with Crippen LogP contribution >= 0.6 is 0 Å². The Balaban J connectivity index is 1.79. The summed E-state index contributed by atoms with van der Waals surface area (Å²) in [6.45, 7) is 0. The SMILES string of the molecule is N#Cc1ccc(NC(=O)c2cc(Nc3ccccc3C(F)(F)F)ccn2)cc1.